The molecule has 4 aliphatic rings. The van der Waals surface area contributed by atoms with Gasteiger partial charge in [-0.15, -0.1) is 0 Å². The van der Waals surface area contributed by atoms with Gasteiger partial charge in [0.15, 0.2) is 0 Å². The number of hydrogen-bond acceptors (Lipinski definition) is 7. The first-order chi connectivity index (χ1) is 16.8. The first-order valence-corrected chi connectivity index (χ1v) is 13.5. The number of morpholine rings is 1. The Labute approximate surface area is 203 Å². The van der Waals surface area contributed by atoms with Gasteiger partial charge in [0, 0.05) is 64.1 Å². The van der Waals surface area contributed by atoms with Crippen LogP contribution in [0.25, 0.3) is 0 Å². The maximum Gasteiger partial charge on any atom is 0.320 e. The Hall–Kier alpha value is -2.13. The van der Waals surface area contributed by atoms with Crippen LogP contribution in [0, 0.1) is 0 Å². The molecule has 4 saturated heterocycles. The second-order valence-corrected chi connectivity index (χ2v) is 10.2. The summed E-state index contributed by atoms with van der Waals surface area (Å²) < 4.78 is 5.39. The van der Waals surface area contributed by atoms with E-state index in [0.29, 0.717) is 25.3 Å². The minimum Gasteiger partial charge on any atom is -0.378 e. The van der Waals surface area contributed by atoms with Crippen LogP contribution in [0.2, 0.25) is 0 Å². The molecule has 1 unspecified atom stereocenters. The number of urea groups is 1. The first kappa shape index (κ1) is 23.6. The van der Waals surface area contributed by atoms with Gasteiger partial charge in [-0.05, 0) is 51.1 Å². The molecule has 4 fully saturated rings. The highest BCUT2D eigenvalue weighted by atomic mass is 16.5. The van der Waals surface area contributed by atoms with Crippen molar-refractivity contribution in [3.8, 4) is 0 Å². The third kappa shape index (κ3) is 5.92. The number of aromatic nitrogens is 2. The molecular weight excluding hydrogens is 430 g/mol. The average Bonchev–Trinajstić information content (AvgIpc) is 3.19. The van der Waals surface area contributed by atoms with Crippen LogP contribution in [0.1, 0.15) is 51.4 Å². The maximum atomic E-state index is 12.8. The van der Waals surface area contributed by atoms with E-state index in [4.69, 9.17) is 9.72 Å². The van der Waals surface area contributed by atoms with Gasteiger partial charge in [0.2, 0.25) is 5.95 Å². The molecule has 2 amide bonds. The Kier molecular flexibility index (Phi) is 8.01. The van der Waals surface area contributed by atoms with Gasteiger partial charge in [0.1, 0.15) is 5.82 Å². The Morgan fingerprint density at radius 2 is 1.62 bits per heavy atom. The van der Waals surface area contributed by atoms with Gasteiger partial charge in [0.05, 0.1) is 13.2 Å². The summed E-state index contributed by atoms with van der Waals surface area (Å²) in [5.41, 5.74) is 0. The highest BCUT2D eigenvalue weighted by Gasteiger charge is 2.32. The molecule has 0 spiro atoms. The normalized spacial score (nSPS) is 25.8. The van der Waals surface area contributed by atoms with Crippen molar-refractivity contribution in [1.82, 2.24) is 24.7 Å². The number of carbonyl (C=O) groups excluding carboxylic acids is 1. The van der Waals surface area contributed by atoms with Gasteiger partial charge in [0.25, 0.3) is 0 Å². The second-order valence-electron chi connectivity index (χ2n) is 10.2. The molecule has 0 radical (unpaired) electrons. The molecule has 1 aromatic heterocycles. The summed E-state index contributed by atoms with van der Waals surface area (Å²) in [5, 5.41) is 3.64. The number of hydrogen-bond donors (Lipinski definition) is 1. The third-order valence-corrected chi connectivity index (χ3v) is 7.89. The van der Waals surface area contributed by atoms with Gasteiger partial charge < -0.3 is 24.8 Å². The predicted octanol–water partition coefficient (Wildman–Crippen LogP) is 2.65. The zero-order valence-electron chi connectivity index (χ0n) is 20.5. The molecule has 1 aromatic rings. The molecule has 1 atom stereocenters. The van der Waals surface area contributed by atoms with Crippen molar-refractivity contribution in [2.45, 2.75) is 63.5 Å². The van der Waals surface area contributed by atoms with Crippen LogP contribution in [-0.4, -0.2) is 108 Å². The topological polar surface area (TPSA) is 77.1 Å². The van der Waals surface area contributed by atoms with E-state index in [0.717, 1.165) is 83.4 Å². The Morgan fingerprint density at radius 3 is 2.38 bits per heavy atom. The number of nitrogens with zero attached hydrogens (tertiary/aromatic N) is 6. The molecule has 9 heteroatoms. The summed E-state index contributed by atoms with van der Waals surface area (Å²) in [4.78, 5) is 31.3. The molecule has 34 heavy (non-hydrogen) atoms. The molecule has 0 aliphatic carbocycles. The minimum atomic E-state index is 0.196. The molecule has 0 bridgehead atoms. The fourth-order valence-electron chi connectivity index (χ4n) is 5.91. The van der Waals surface area contributed by atoms with Crippen LogP contribution >= 0.6 is 0 Å². The molecule has 0 aromatic carbocycles. The van der Waals surface area contributed by atoms with Gasteiger partial charge in [-0.2, -0.15) is 4.98 Å². The number of piperidine rings is 2. The van der Waals surface area contributed by atoms with Crippen molar-refractivity contribution in [2.75, 3.05) is 75.8 Å². The van der Waals surface area contributed by atoms with Crippen LogP contribution in [-0.2, 0) is 4.74 Å². The van der Waals surface area contributed by atoms with Crippen molar-refractivity contribution < 1.29 is 9.53 Å². The number of amides is 2. The van der Waals surface area contributed by atoms with Crippen LogP contribution in [0.3, 0.4) is 0 Å². The lowest BCUT2D eigenvalue weighted by Gasteiger charge is -2.43. The molecule has 188 valence electrons. The molecule has 5 heterocycles. The molecule has 0 saturated carbocycles. The van der Waals surface area contributed by atoms with Crippen LogP contribution < -0.4 is 10.2 Å². The molecule has 9 nitrogen and oxygen atoms in total. The minimum absolute atomic E-state index is 0.196. The Bertz CT molecular complexity index is 787. The van der Waals surface area contributed by atoms with E-state index in [-0.39, 0.29) is 6.03 Å². The first-order valence-electron chi connectivity index (χ1n) is 13.5. The van der Waals surface area contributed by atoms with Crippen molar-refractivity contribution in [1.29, 1.82) is 0 Å². The zero-order chi connectivity index (χ0) is 23.2. The summed E-state index contributed by atoms with van der Waals surface area (Å²) in [6.07, 6.45) is 11.5. The van der Waals surface area contributed by atoms with Gasteiger partial charge in [-0.25, -0.2) is 9.78 Å². The smallest absolute Gasteiger partial charge is 0.320 e. The fourth-order valence-corrected chi connectivity index (χ4v) is 5.91. The van der Waals surface area contributed by atoms with Gasteiger partial charge in [-0.1, -0.05) is 12.8 Å². The van der Waals surface area contributed by atoms with Crippen molar-refractivity contribution in [3.63, 3.8) is 0 Å². The lowest BCUT2D eigenvalue weighted by Crippen LogP contribution is -2.54. The summed E-state index contributed by atoms with van der Waals surface area (Å²) in [7, 11) is 0. The van der Waals surface area contributed by atoms with Crippen molar-refractivity contribution in [2.24, 2.45) is 0 Å². The predicted molar refractivity (Wildman–Crippen MR) is 133 cm³/mol. The van der Waals surface area contributed by atoms with E-state index in [2.05, 4.69) is 26.2 Å². The van der Waals surface area contributed by atoms with Crippen molar-refractivity contribution in [3.05, 3.63) is 12.3 Å². The largest absolute Gasteiger partial charge is 0.378 e. The standard InChI is InChI=1S/C25H41N7O2/c33-25(31-16-18-34-19-17-31)30-14-8-22(9-15-30)32-13-5-6-21(20-32)27-24-26-10-7-23(28-24)29-11-3-1-2-4-12-29/h7,10,21-22H,1-6,8-9,11-20H2,(H,26,27,28). The van der Waals surface area contributed by atoms with E-state index < -0.39 is 0 Å². The fraction of sp³-hybridized carbons (Fsp3) is 0.800. The van der Waals surface area contributed by atoms with Crippen LogP contribution in [0.4, 0.5) is 16.6 Å². The highest BCUT2D eigenvalue weighted by molar-refractivity contribution is 5.74. The maximum absolute atomic E-state index is 12.8. The zero-order valence-corrected chi connectivity index (χ0v) is 20.5. The number of anilines is 2. The Balaban J connectivity index is 1.11. The van der Waals surface area contributed by atoms with Gasteiger partial charge >= 0.3 is 6.03 Å². The summed E-state index contributed by atoms with van der Waals surface area (Å²) in [6, 6.07) is 3.18. The van der Waals surface area contributed by atoms with E-state index in [1.54, 1.807) is 0 Å². The number of likely N-dealkylation sites (tertiary alicyclic amines) is 2. The number of nitrogens with one attached hydrogen (secondary N) is 1. The number of carbonyl (C=O) groups is 1. The number of ether oxygens (including phenoxy) is 1. The van der Waals surface area contributed by atoms with E-state index >= 15 is 0 Å². The number of rotatable bonds is 4. The van der Waals surface area contributed by atoms with Crippen molar-refractivity contribution >= 4 is 17.8 Å². The molecule has 1 N–H and O–H groups in total. The van der Waals surface area contributed by atoms with Crippen LogP contribution in [0.5, 0.6) is 0 Å². The summed E-state index contributed by atoms with van der Waals surface area (Å²) in [6.45, 7) is 8.85. The monoisotopic (exact) mass is 471 g/mol. The third-order valence-electron chi connectivity index (χ3n) is 7.89. The second kappa shape index (κ2) is 11.5. The van der Waals surface area contributed by atoms with Gasteiger partial charge in [-0.3, -0.25) is 4.90 Å². The lowest BCUT2D eigenvalue weighted by molar-refractivity contribution is 0.0358. The average molecular weight is 472 g/mol. The molecule has 4 aliphatic heterocycles. The highest BCUT2D eigenvalue weighted by Crippen LogP contribution is 2.24. The summed E-state index contributed by atoms with van der Waals surface area (Å²) in [5.74, 6) is 1.82. The quantitative estimate of drug-likeness (QED) is 0.723. The molecular formula is C25H41N7O2. The Morgan fingerprint density at radius 1 is 0.882 bits per heavy atom. The van der Waals surface area contributed by atoms with Crippen LogP contribution in [0.15, 0.2) is 12.3 Å². The van der Waals surface area contributed by atoms with E-state index in [1.165, 1.54) is 32.1 Å². The lowest BCUT2D eigenvalue weighted by atomic mass is 9.98. The summed E-state index contributed by atoms with van der Waals surface area (Å²) >= 11 is 0. The van der Waals surface area contributed by atoms with E-state index in [1.807, 2.05) is 16.0 Å². The SMILES string of the molecule is O=C(N1CCOCC1)N1CCC(N2CCCC(Nc3nccc(N4CCCCCC4)n3)C2)CC1. The molecule has 5 rings (SSSR count). The van der Waals surface area contributed by atoms with E-state index in [9.17, 15) is 4.79 Å².